The number of urea groups is 1. The summed E-state index contributed by atoms with van der Waals surface area (Å²) in [6, 6.07) is 8.76. The molecule has 0 saturated carbocycles. The number of nitrogens with one attached hydrogen (secondary N) is 2. The van der Waals surface area contributed by atoms with E-state index >= 15 is 0 Å². The summed E-state index contributed by atoms with van der Waals surface area (Å²) in [5.41, 5.74) is 1.61. The highest BCUT2D eigenvalue weighted by molar-refractivity contribution is 6.31. The second-order valence-electron chi connectivity index (χ2n) is 5.15. The van der Waals surface area contributed by atoms with Crippen LogP contribution in [0.3, 0.4) is 0 Å². The summed E-state index contributed by atoms with van der Waals surface area (Å²) in [4.78, 5) is 14.3. The number of carbonyl (C=O) groups excluding carboxylic acids is 1. The molecular formula is C16H18ClN3O3. The fraction of sp³-hybridized carbons (Fsp3) is 0.312. The van der Waals surface area contributed by atoms with Crippen LogP contribution in [0.25, 0.3) is 0 Å². The van der Waals surface area contributed by atoms with Crippen LogP contribution in [-0.4, -0.2) is 32.3 Å². The average molecular weight is 336 g/mol. The standard InChI is InChI=1S/C16H18ClN3O3/c17-12-3-4-15(20-5-8-22-9-6-20)14(10-12)19-16(21)18-11-13-2-1-7-23-13/h1-4,7,10H,5-6,8-9,11H2,(H2,18,19,21). The topological polar surface area (TPSA) is 66.7 Å². The minimum absolute atomic E-state index is 0.307. The van der Waals surface area contributed by atoms with Gasteiger partial charge in [-0.2, -0.15) is 0 Å². The highest BCUT2D eigenvalue weighted by Gasteiger charge is 2.16. The maximum Gasteiger partial charge on any atom is 0.319 e. The minimum Gasteiger partial charge on any atom is -0.467 e. The number of morpholine rings is 1. The number of amides is 2. The Morgan fingerprint density at radius 3 is 2.83 bits per heavy atom. The first-order valence-electron chi connectivity index (χ1n) is 7.42. The van der Waals surface area contributed by atoms with Gasteiger partial charge in [-0.05, 0) is 30.3 Å². The Balaban J connectivity index is 1.67. The van der Waals surface area contributed by atoms with Gasteiger partial charge in [0.05, 0.1) is 37.4 Å². The van der Waals surface area contributed by atoms with Crippen molar-refractivity contribution in [1.29, 1.82) is 0 Å². The lowest BCUT2D eigenvalue weighted by molar-refractivity contribution is 0.123. The van der Waals surface area contributed by atoms with E-state index in [1.54, 1.807) is 24.5 Å². The SMILES string of the molecule is O=C(NCc1ccco1)Nc1cc(Cl)ccc1N1CCOCC1. The van der Waals surface area contributed by atoms with E-state index in [2.05, 4.69) is 15.5 Å². The summed E-state index contributed by atoms with van der Waals surface area (Å²) in [6.07, 6.45) is 1.57. The van der Waals surface area contributed by atoms with Crippen LogP contribution in [0.4, 0.5) is 16.2 Å². The summed E-state index contributed by atoms with van der Waals surface area (Å²) in [7, 11) is 0. The molecule has 1 aromatic carbocycles. The Morgan fingerprint density at radius 2 is 2.09 bits per heavy atom. The van der Waals surface area contributed by atoms with Gasteiger partial charge in [-0.15, -0.1) is 0 Å². The molecule has 2 aromatic rings. The van der Waals surface area contributed by atoms with Crippen molar-refractivity contribution >= 4 is 29.0 Å². The third kappa shape index (κ3) is 4.18. The molecule has 0 unspecified atom stereocenters. The van der Waals surface area contributed by atoms with Gasteiger partial charge in [0.2, 0.25) is 0 Å². The summed E-state index contributed by atoms with van der Waals surface area (Å²) in [5, 5.41) is 6.18. The maximum atomic E-state index is 12.1. The van der Waals surface area contributed by atoms with Crippen molar-refractivity contribution in [3.8, 4) is 0 Å². The largest absolute Gasteiger partial charge is 0.467 e. The Kier molecular flexibility index (Phi) is 5.05. The number of anilines is 2. The van der Waals surface area contributed by atoms with E-state index in [1.807, 2.05) is 12.1 Å². The van der Waals surface area contributed by atoms with Crippen molar-refractivity contribution in [2.75, 3.05) is 36.5 Å². The van der Waals surface area contributed by atoms with E-state index in [4.69, 9.17) is 20.8 Å². The van der Waals surface area contributed by atoms with E-state index in [1.165, 1.54) is 0 Å². The van der Waals surface area contributed by atoms with Gasteiger partial charge in [0, 0.05) is 18.1 Å². The molecule has 0 aliphatic carbocycles. The molecule has 0 spiro atoms. The van der Waals surface area contributed by atoms with E-state index in [-0.39, 0.29) is 6.03 Å². The Hall–Kier alpha value is -2.18. The molecule has 1 aliphatic heterocycles. The quantitative estimate of drug-likeness (QED) is 0.901. The summed E-state index contributed by atoms with van der Waals surface area (Å²) in [5.74, 6) is 0.694. The van der Waals surface area contributed by atoms with E-state index < -0.39 is 0 Å². The van der Waals surface area contributed by atoms with Crippen LogP contribution in [0, 0.1) is 0 Å². The Bertz CT molecular complexity index is 655. The molecule has 122 valence electrons. The molecule has 1 aromatic heterocycles. The molecule has 0 atom stereocenters. The molecule has 7 heteroatoms. The Morgan fingerprint density at radius 1 is 1.26 bits per heavy atom. The predicted octanol–water partition coefficient (Wildman–Crippen LogP) is 3.09. The third-order valence-corrected chi connectivity index (χ3v) is 3.80. The van der Waals surface area contributed by atoms with Crippen LogP contribution in [0.5, 0.6) is 0 Å². The lowest BCUT2D eigenvalue weighted by atomic mass is 10.2. The number of hydrogen-bond donors (Lipinski definition) is 2. The molecule has 23 heavy (non-hydrogen) atoms. The first-order chi connectivity index (χ1) is 11.2. The number of halogens is 1. The van der Waals surface area contributed by atoms with Crippen LogP contribution >= 0.6 is 11.6 Å². The molecule has 2 heterocycles. The highest BCUT2D eigenvalue weighted by atomic mass is 35.5. The molecule has 1 aliphatic rings. The van der Waals surface area contributed by atoms with Crippen molar-refractivity contribution in [3.05, 3.63) is 47.4 Å². The summed E-state index contributed by atoms with van der Waals surface area (Å²) >= 11 is 6.07. The van der Waals surface area contributed by atoms with Crippen molar-refractivity contribution in [1.82, 2.24) is 5.32 Å². The smallest absolute Gasteiger partial charge is 0.319 e. The second kappa shape index (κ2) is 7.39. The molecule has 0 radical (unpaired) electrons. The Labute approximate surface area is 139 Å². The lowest BCUT2D eigenvalue weighted by Gasteiger charge is -2.30. The average Bonchev–Trinajstić information content (AvgIpc) is 3.07. The minimum atomic E-state index is -0.307. The van der Waals surface area contributed by atoms with Crippen LogP contribution in [0.2, 0.25) is 5.02 Å². The van der Waals surface area contributed by atoms with Gasteiger partial charge in [0.1, 0.15) is 5.76 Å². The van der Waals surface area contributed by atoms with Gasteiger partial charge in [-0.25, -0.2) is 4.79 Å². The lowest BCUT2D eigenvalue weighted by Crippen LogP contribution is -2.37. The number of benzene rings is 1. The molecule has 2 amide bonds. The van der Waals surface area contributed by atoms with Crippen LogP contribution in [-0.2, 0) is 11.3 Å². The zero-order valence-electron chi connectivity index (χ0n) is 12.5. The number of rotatable bonds is 4. The fourth-order valence-corrected chi connectivity index (χ4v) is 2.61. The van der Waals surface area contributed by atoms with Crippen LogP contribution < -0.4 is 15.5 Å². The molecule has 1 fully saturated rings. The maximum absolute atomic E-state index is 12.1. The van der Waals surface area contributed by atoms with E-state index in [0.29, 0.717) is 36.2 Å². The van der Waals surface area contributed by atoms with Crippen molar-refractivity contribution in [2.45, 2.75) is 6.54 Å². The molecule has 0 bridgehead atoms. The van der Waals surface area contributed by atoms with Gasteiger partial charge in [0.25, 0.3) is 0 Å². The number of carbonyl (C=O) groups is 1. The molecule has 2 N–H and O–H groups in total. The van der Waals surface area contributed by atoms with Gasteiger partial charge in [0.15, 0.2) is 0 Å². The van der Waals surface area contributed by atoms with Crippen molar-refractivity contribution < 1.29 is 13.9 Å². The second-order valence-corrected chi connectivity index (χ2v) is 5.58. The first kappa shape index (κ1) is 15.7. The molecule has 3 rings (SSSR count). The van der Waals surface area contributed by atoms with Crippen molar-refractivity contribution in [3.63, 3.8) is 0 Å². The zero-order chi connectivity index (χ0) is 16.1. The van der Waals surface area contributed by atoms with Gasteiger partial charge in [-0.3, -0.25) is 0 Å². The number of furan rings is 1. The molecule has 6 nitrogen and oxygen atoms in total. The summed E-state index contributed by atoms with van der Waals surface area (Å²) < 4.78 is 10.6. The van der Waals surface area contributed by atoms with Gasteiger partial charge in [-0.1, -0.05) is 11.6 Å². The van der Waals surface area contributed by atoms with E-state index in [9.17, 15) is 4.79 Å². The third-order valence-electron chi connectivity index (χ3n) is 3.56. The monoisotopic (exact) mass is 335 g/mol. The number of ether oxygens (including phenoxy) is 1. The van der Waals surface area contributed by atoms with Crippen LogP contribution in [0.1, 0.15) is 5.76 Å². The van der Waals surface area contributed by atoms with E-state index in [0.717, 1.165) is 18.8 Å². The van der Waals surface area contributed by atoms with Gasteiger partial charge >= 0.3 is 6.03 Å². The molecule has 1 saturated heterocycles. The number of nitrogens with zero attached hydrogens (tertiary/aromatic N) is 1. The zero-order valence-corrected chi connectivity index (χ0v) is 13.3. The summed E-state index contributed by atoms with van der Waals surface area (Å²) in [6.45, 7) is 3.24. The normalized spacial score (nSPS) is 14.6. The predicted molar refractivity (Wildman–Crippen MR) is 89.1 cm³/mol. The first-order valence-corrected chi connectivity index (χ1v) is 7.79. The fourth-order valence-electron chi connectivity index (χ4n) is 2.44. The van der Waals surface area contributed by atoms with Crippen molar-refractivity contribution in [2.24, 2.45) is 0 Å². The number of hydrogen-bond acceptors (Lipinski definition) is 4. The highest BCUT2D eigenvalue weighted by Crippen LogP contribution is 2.29. The van der Waals surface area contributed by atoms with Gasteiger partial charge < -0.3 is 24.7 Å². The van der Waals surface area contributed by atoms with Crippen LogP contribution in [0.15, 0.2) is 41.0 Å². The molecular weight excluding hydrogens is 318 g/mol.